The molecule has 1 heterocycles. The highest BCUT2D eigenvalue weighted by atomic mass is 16.6. The quantitative estimate of drug-likeness (QED) is 0.682. The van der Waals surface area contributed by atoms with E-state index in [9.17, 15) is 19.7 Å². The Hall–Kier alpha value is -3.42. The van der Waals surface area contributed by atoms with E-state index in [0.717, 1.165) is 0 Å². The predicted molar refractivity (Wildman–Crippen MR) is 89.9 cm³/mol. The molecule has 2 aromatic rings. The predicted octanol–water partition coefficient (Wildman–Crippen LogP) is 2.31. The van der Waals surface area contributed by atoms with Crippen LogP contribution in [-0.4, -0.2) is 41.8 Å². The second-order valence-electron chi connectivity index (χ2n) is 5.55. The molecule has 3 rings (SSSR count). The van der Waals surface area contributed by atoms with Crippen LogP contribution in [-0.2, 0) is 0 Å². The van der Waals surface area contributed by atoms with Crippen LogP contribution in [0.5, 0.6) is 5.75 Å². The highest BCUT2D eigenvalue weighted by Gasteiger charge is 2.21. The van der Waals surface area contributed by atoms with E-state index in [0.29, 0.717) is 30.2 Å². The Morgan fingerprint density at radius 1 is 1.28 bits per heavy atom. The van der Waals surface area contributed by atoms with Gasteiger partial charge in [-0.3, -0.25) is 19.7 Å². The van der Waals surface area contributed by atoms with Gasteiger partial charge in [0.25, 0.3) is 17.5 Å². The van der Waals surface area contributed by atoms with Crippen molar-refractivity contribution < 1.29 is 19.2 Å². The van der Waals surface area contributed by atoms with Crippen molar-refractivity contribution in [1.29, 1.82) is 0 Å². The zero-order valence-corrected chi connectivity index (χ0v) is 13.4. The van der Waals surface area contributed by atoms with Gasteiger partial charge in [0, 0.05) is 30.4 Å². The number of anilines is 1. The molecule has 25 heavy (non-hydrogen) atoms. The third-order valence-electron chi connectivity index (χ3n) is 3.82. The number of hydrogen-bond acceptors (Lipinski definition) is 5. The summed E-state index contributed by atoms with van der Waals surface area (Å²) in [6.45, 7) is 0.873. The minimum Gasteiger partial charge on any atom is -0.491 e. The fourth-order valence-electron chi connectivity index (χ4n) is 2.46. The molecule has 0 fully saturated rings. The van der Waals surface area contributed by atoms with Crippen molar-refractivity contribution in [1.82, 2.24) is 4.90 Å². The normalized spacial score (nSPS) is 13.5. The molecule has 2 aromatic carbocycles. The van der Waals surface area contributed by atoms with Crippen molar-refractivity contribution in [2.45, 2.75) is 0 Å². The Labute approximate surface area is 143 Å². The number of nitro groups is 1. The first-order valence-corrected chi connectivity index (χ1v) is 7.54. The van der Waals surface area contributed by atoms with Gasteiger partial charge in [-0.1, -0.05) is 6.07 Å². The Morgan fingerprint density at radius 2 is 2.08 bits per heavy atom. The van der Waals surface area contributed by atoms with Gasteiger partial charge in [-0.05, 0) is 24.3 Å². The third-order valence-corrected chi connectivity index (χ3v) is 3.82. The molecule has 0 aromatic heterocycles. The molecular formula is C17H15N3O5. The first-order chi connectivity index (χ1) is 12.0. The van der Waals surface area contributed by atoms with Crippen LogP contribution >= 0.6 is 0 Å². The topological polar surface area (TPSA) is 102 Å². The van der Waals surface area contributed by atoms with Crippen molar-refractivity contribution in [3.8, 4) is 5.75 Å². The van der Waals surface area contributed by atoms with Gasteiger partial charge >= 0.3 is 0 Å². The molecule has 0 spiro atoms. The lowest BCUT2D eigenvalue weighted by molar-refractivity contribution is -0.384. The van der Waals surface area contributed by atoms with Gasteiger partial charge in [0.2, 0.25) is 0 Å². The number of non-ortho nitro benzene ring substituents is 1. The van der Waals surface area contributed by atoms with Gasteiger partial charge in [0.1, 0.15) is 12.4 Å². The molecule has 128 valence electrons. The van der Waals surface area contributed by atoms with E-state index in [4.69, 9.17) is 4.74 Å². The number of amides is 2. The van der Waals surface area contributed by atoms with Crippen LogP contribution in [0.3, 0.4) is 0 Å². The molecule has 1 aliphatic rings. The summed E-state index contributed by atoms with van der Waals surface area (Å²) in [5.41, 5.74) is 0.753. The number of nitrogens with one attached hydrogen (secondary N) is 1. The molecule has 0 atom stereocenters. The molecule has 0 saturated heterocycles. The maximum absolute atomic E-state index is 12.3. The van der Waals surface area contributed by atoms with E-state index in [2.05, 4.69) is 5.32 Å². The lowest BCUT2D eigenvalue weighted by Crippen LogP contribution is -2.27. The van der Waals surface area contributed by atoms with Crippen LogP contribution in [0.2, 0.25) is 0 Å². The van der Waals surface area contributed by atoms with Gasteiger partial charge in [0.05, 0.1) is 17.0 Å². The van der Waals surface area contributed by atoms with Crippen molar-refractivity contribution in [3.63, 3.8) is 0 Å². The van der Waals surface area contributed by atoms with Crippen LogP contribution in [0.4, 0.5) is 11.4 Å². The minimum absolute atomic E-state index is 0.156. The molecule has 0 unspecified atom stereocenters. The molecule has 8 heteroatoms. The lowest BCUT2D eigenvalue weighted by Gasteiger charge is -2.13. The van der Waals surface area contributed by atoms with Gasteiger partial charge in [-0.25, -0.2) is 0 Å². The molecule has 0 saturated carbocycles. The molecule has 8 nitrogen and oxygen atoms in total. The average Bonchev–Trinajstić information content (AvgIpc) is 2.74. The summed E-state index contributed by atoms with van der Waals surface area (Å²) in [5.74, 6) is -0.236. The van der Waals surface area contributed by atoms with Gasteiger partial charge in [-0.15, -0.1) is 0 Å². The molecule has 1 aliphatic heterocycles. The lowest BCUT2D eigenvalue weighted by atomic mass is 10.1. The summed E-state index contributed by atoms with van der Waals surface area (Å²) in [6.07, 6.45) is 0. The Balaban J connectivity index is 1.85. The van der Waals surface area contributed by atoms with E-state index in [1.54, 1.807) is 19.2 Å². The highest BCUT2D eigenvalue weighted by molar-refractivity contribution is 6.06. The first kappa shape index (κ1) is 16.4. The SMILES string of the molecule is CN1CCOc2ccc(NC(=O)c3cccc([N+](=O)[O-])c3)cc2C1=O. The number of likely N-dealkylation sites (N-methyl/N-ethyl adjacent to an activating group) is 1. The standard InChI is InChI=1S/C17H15N3O5/c1-19-7-8-25-15-6-5-12(10-14(15)17(19)22)18-16(21)11-3-2-4-13(9-11)20(23)24/h2-6,9-10H,7-8H2,1H3,(H,18,21). The summed E-state index contributed by atoms with van der Waals surface area (Å²) in [5, 5.41) is 13.5. The number of ether oxygens (including phenoxy) is 1. The maximum Gasteiger partial charge on any atom is 0.270 e. The van der Waals surface area contributed by atoms with E-state index in [1.807, 2.05) is 0 Å². The molecule has 1 N–H and O–H groups in total. The second-order valence-corrected chi connectivity index (χ2v) is 5.55. The number of rotatable bonds is 3. The van der Waals surface area contributed by atoms with E-state index < -0.39 is 10.8 Å². The van der Waals surface area contributed by atoms with E-state index >= 15 is 0 Å². The van der Waals surface area contributed by atoms with Crippen LogP contribution in [0, 0.1) is 10.1 Å². The molecule has 0 radical (unpaired) electrons. The van der Waals surface area contributed by atoms with Crippen molar-refractivity contribution in [2.24, 2.45) is 0 Å². The van der Waals surface area contributed by atoms with Crippen LogP contribution in [0.15, 0.2) is 42.5 Å². The number of hydrogen-bond donors (Lipinski definition) is 1. The summed E-state index contributed by atoms with van der Waals surface area (Å²) in [7, 11) is 1.68. The molecule has 2 amide bonds. The Bertz CT molecular complexity index is 865. The number of carbonyl (C=O) groups excluding carboxylic acids is 2. The Morgan fingerprint density at radius 3 is 2.84 bits per heavy atom. The maximum atomic E-state index is 12.3. The summed E-state index contributed by atoms with van der Waals surface area (Å²) >= 11 is 0. The number of benzene rings is 2. The van der Waals surface area contributed by atoms with E-state index in [1.165, 1.54) is 35.2 Å². The monoisotopic (exact) mass is 341 g/mol. The summed E-state index contributed by atoms with van der Waals surface area (Å²) in [4.78, 5) is 36.4. The van der Waals surface area contributed by atoms with E-state index in [-0.39, 0.29) is 17.2 Å². The third kappa shape index (κ3) is 3.42. The summed E-state index contributed by atoms with van der Waals surface area (Å²) in [6, 6.07) is 10.2. The number of carbonyl (C=O) groups is 2. The number of nitro benzene ring substituents is 1. The zero-order valence-electron chi connectivity index (χ0n) is 13.4. The fourth-order valence-corrected chi connectivity index (χ4v) is 2.46. The first-order valence-electron chi connectivity index (χ1n) is 7.54. The van der Waals surface area contributed by atoms with Crippen molar-refractivity contribution >= 4 is 23.2 Å². The molecule has 0 bridgehead atoms. The minimum atomic E-state index is -0.564. The zero-order chi connectivity index (χ0) is 18.0. The number of nitrogens with zero attached hydrogens (tertiary/aromatic N) is 2. The van der Waals surface area contributed by atoms with Crippen LogP contribution in [0.1, 0.15) is 20.7 Å². The average molecular weight is 341 g/mol. The molecule has 0 aliphatic carbocycles. The van der Waals surface area contributed by atoms with Crippen molar-refractivity contribution in [3.05, 3.63) is 63.7 Å². The van der Waals surface area contributed by atoms with Crippen molar-refractivity contribution in [2.75, 3.05) is 25.5 Å². The van der Waals surface area contributed by atoms with Crippen LogP contribution < -0.4 is 10.1 Å². The smallest absolute Gasteiger partial charge is 0.270 e. The van der Waals surface area contributed by atoms with Crippen LogP contribution in [0.25, 0.3) is 0 Å². The molecular weight excluding hydrogens is 326 g/mol. The largest absolute Gasteiger partial charge is 0.491 e. The number of fused-ring (bicyclic) bond motifs is 1. The van der Waals surface area contributed by atoms with Gasteiger partial charge in [-0.2, -0.15) is 0 Å². The Kier molecular flexibility index (Phi) is 4.34. The summed E-state index contributed by atoms with van der Waals surface area (Å²) < 4.78 is 5.53. The van der Waals surface area contributed by atoms with Gasteiger partial charge in [0.15, 0.2) is 0 Å². The fraction of sp³-hybridized carbons (Fsp3) is 0.176. The second kappa shape index (κ2) is 6.60. The highest BCUT2D eigenvalue weighted by Crippen LogP contribution is 2.26. The van der Waals surface area contributed by atoms with Gasteiger partial charge < -0.3 is 15.0 Å².